The molecular weight excluding hydrogens is 272 g/mol. The maximum atomic E-state index is 12.6. The molecule has 1 saturated carbocycles. The fourth-order valence-corrected chi connectivity index (χ4v) is 3.05. The van der Waals surface area contributed by atoms with Crippen LogP contribution in [0.25, 0.3) is 0 Å². The van der Waals surface area contributed by atoms with Crippen LogP contribution in [-0.4, -0.2) is 47.7 Å². The van der Waals surface area contributed by atoms with Crippen molar-refractivity contribution in [3.63, 3.8) is 0 Å². The summed E-state index contributed by atoms with van der Waals surface area (Å²) in [5.41, 5.74) is -0.219. The molecule has 3 rings (SSSR count). The number of aromatic carboxylic acids is 1. The first-order chi connectivity index (χ1) is 9.54. The molecule has 1 unspecified atom stereocenters. The topological polar surface area (TPSA) is 75.5 Å². The van der Waals surface area contributed by atoms with E-state index in [-0.39, 0.29) is 23.3 Å². The maximum absolute atomic E-state index is 12.6. The summed E-state index contributed by atoms with van der Waals surface area (Å²) in [4.78, 5) is 20.6. The monoisotopic (exact) mass is 285 g/mol. The minimum Gasteiger partial charge on any atom is -0.491 e. The lowest BCUT2D eigenvalue weighted by atomic mass is 10.2. The molecule has 0 radical (unpaired) electrons. The van der Waals surface area contributed by atoms with E-state index < -0.39 is 18.3 Å². The van der Waals surface area contributed by atoms with Crippen LogP contribution in [0.4, 0.5) is 14.6 Å². The number of aromatic nitrogens is 2. The predicted octanol–water partition coefficient (Wildman–Crippen LogP) is 1.13. The predicted molar refractivity (Wildman–Crippen MR) is 64.2 cm³/mol. The van der Waals surface area contributed by atoms with Gasteiger partial charge in [-0.25, -0.2) is 23.5 Å². The quantitative estimate of drug-likeness (QED) is 0.893. The third-order valence-corrected chi connectivity index (χ3v) is 4.04. The Hall–Kier alpha value is -1.99. The third-order valence-electron chi connectivity index (χ3n) is 4.04. The molecule has 1 N–H and O–H groups in total. The number of anilines is 1. The Balaban J connectivity index is 1.83. The number of carboxylic acid groups (broad SMARTS) is 1. The number of methoxy groups -OCH3 is 1. The Morgan fingerprint density at radius 3 is 2.60 bits per heavy atom. The average molecular weight is 285 g/mol. The lowest BCUT2D eigenvalue weighted by Crippen LogP contribution is -2.27. The Morgan fingerprint density at radius 2 is 2.10 bits per heavy atom. The van der Waals surface area contributed by atoms with E-state index in [4.69, 9.17) is 9.84 Å². The first-order valence-corrected chi connectivity index (χ1v) is 6.20. The molecule has 1 aliphatic heterocycles. The number of fused-ring (bicyclic) bond motifs is 1. The summed E-state index contributed by atoms with van der Waals surface area (Å²) in [5.74, 6) is -1.38. The fraction of sp³-hybridized carbons (Fsp3) is 0.583. The van der Waals surface area contributed by atoms with Gasteiger partial charge in [0.15, 0.2) is 17.3 Å². The van der Waals surface area contributed by atoms with Crippen molar-refractivity contribution in [1.29, 1.82) is 0 Å². The van der Waals surface area contributed by atoms with Crippen LogP contribution in [0.15, 0.2) is 6.33 Å². The van der Waals surface area contributed by atoms with Gasteiger partial charge in [-0.3, -0.25) is 0 Å². The van der Waals surface area contributed by atoms with E-state index in [0.717, 1.165) is 6.33 Å². The van der Waals surface area contributed by atoms with Crippen LogP contribution in [0.3, 0.4) is 0 Å². The SMILES string of the molecule is COc1c(C(=O)O)ncnc1N1C[C@@H]2C(C(F)F)[C@@H]2C1. The summed E-state index contributed by atoms with van der Waals surface area (Å²) >= 11 is 0. The molecule has 1 aromatic heterocycles. The fourth-order valence-electron chi connectivity index (χ4n) is 3.05. The van der Waals surface area contributed by atoms with Crippen molar-refractivity contribution in [3.8, 4) is 5.75 Å². The van der Waals surface area contributed by atoms with Crippen molar-refractivity contribution in [2.24, 2.45) is 17.8 Å². The van der Waals surface area contributed by atoms with E-state index in [1.54, 1.807) is 4.90 Å². The number of hydrogen-bond donors (Lipinski definition) is 1. The molecule has 20 heavy (non-hydrogen) atoms. The first-order valence-electron chi connectivity index (χ1n) is 6.20. The molecule has 1 saturated heterocycles. The summed E-state index contributed by atoms with van der Waals surface area (Å²) in [5, 5.41) is 9.05. The number of ether oxygens (including phenoxy) is 1. The van der Waals surface area contributed by atoms with E-state index >= 15 is 0 Å². The second-order valence-electron chi connectivity index (χ2n) is 5.03. The molecule has 0 spiro atoms. The summed E-state index contributed by atoms with van der Waals surface area (Å²) in [6.07, 6.45) is -1.13. The van der Waals surface area contributed by atoms with Crippen molar-refractivity contribution in [1.82, 2.24) is 9.97 Å². The van der Waals surface area contributed by atoms with Crippen LogP contribution < -0.4 is 9.64 Å². The molecule has 2 fully saturated rings. The molecule has 8 heteroatoms. The second kappa shape index (κ2) is 4.53. The van der Waals surface area contributed by atoms with Crippen molar-refractivity contribution >= 4 is 11.8 Å². The Kier molecular flexibility index (Phi) is 2.95. The van der Waals surface area contributed by atoms with Crippen LogP contribution in [0, 0.1) is 17.8 Å². The molecule has 1 aliphatic carbocycles. The van der Waals surface area contributed by atoms with Crippen molar-refractivity contribution in [2.45, 2.75) is 6.43 Å². The van der Waals surface area contributed by atoms with Crippen LogP contribution >= 0.6 is 0 Å². The highest BCUT2D eigenvalue weighted by atomic mass is 19.3. The van der Waals surface area contributed by atoms with E-state index in [1.807, 2.05) is 0 Å². The summed E-state index contributed by atoms with van der Waals surface area (Å²) in [7, 11) is 1.34. The Labute approximate surface area is 113 Å². The lowest BCUT2D eigenvalue weighted by Gasteiger charge is -2.22. The number of carboxylic acids is 1. The maximum Gasteiger partial charge on any atom is 0.358 e. The highest BCUT2D eigenvalue weighted by molar-refractivity contribution is 5.90. The molecule has 6 nitrogen and oxygen atoms in total. The van der Waals surface area contributed by atoms with Gasteiger partial charge in [-0.15, -0.1) is 0 Å². The number of hydrogen-bond acceptors (Lipinski definition) is 5. The number of piperidine rings is 1. The second-order valence-corrected chi connectivity index (χ2v) is 5.03. The van der Waals surface area contributed by atoms with Gasteiger partial charge >= 0.3 is 5.97 Å². The van der Waals surface area contributed by atoms with Gasteiger partial charge in [0.1, 0.15) is 6.33 Å². The number of halogens is 2. The number of nitrogens with zero attached hydrogens (tertiary/aromatic N) is 3. The Morgan fingerprint density at radius 1 is 1.45 bits per heavy atom. The smallest absolute Gasteiger partial charge is 0.358 e. The van der Waals surface area contributed by atoms with Gasteiger partial charge in [-0.05, 0) is 11.8 Å². The van der Waals surface area contributed by atoms with E-state index in [2.05, 4.69) is 9.97 Å². The zero-order valence-electron chi connectivity index (χ0n) is 10.7. The van der Waals surface area contributed by atoms with E-state index in [1.165, 1.54) is 7.11 Å². The van der Waals surface area contributed by atoms with E-state index in [0.29, 0.717) is 18.9 Å². The minimum atomic E-state index is -2.28. The largest absolute Gasteiger partial charge is 0.491 e. The zero-order valence-corrected chi connectivity index (χ0v) is 10.7. The molecule has 0 bridgehead atoms. The first kappa shape index (κ1) is 13.0. The van der Waals surface area contributed by atoms with Gasteiger partial charge in [0.2, 0.25) is 6.43 Å². The molecule has 2 heterocycles. The standard InChI is InChI=1S/C12H13F2N3O3/c1-20-9-8(12(18)19)15-4-16-11(9)17-2-5-6(3-17)7(5)10(13)14/h4-7,10H,2-3H2,1H3,(H,18,19)/t5-,6+,7?. The lowest BCUT2D eigenvalue weighted by molar-refractivity contribution is 0.0686. The normalized spacial score (nSPS) is 27.6. The summed E-state index contributed by atoms with van der Waals surface area (Å²) < 4.78 is 30.4. The van der Waals surface area contributed by atoms with E-state index in [9.17, 15) is 13.6 Å². The van der Waals surface area contributed by atoms with Crippen molar-refractivity contribution in [3.05, 3.63) is 12.0 Å². The molecular formula is C12H13F2N3O3. The molecule has 0 amide bonds. The van der Waals surface area contributed by atoms with Crippen LogP contribution in [0.2, 0.25) is 0 Å². The van der Waals surface area contributed by atoms with Crippen molar-refractivity contribution < 1.29 is 23.4 Å². The van der Waals surface area contributed by atoms with Gasteiger partial charge in [0.05, 0.1) is 7.11 Å². The highest BCUT2D eigenvalue weighted by Gasteiger charge is 2.60. The average Bonchev–Trinajstić information content (AvgIpc) is 2.94. The van der Waals surface area contributed by atoms with Crippen LogP contribution in [-0.2, 0) is 0 Å². The number of rotatable bonds is 4. The molecule has 0 aromatic carbocycles. The summed E-state index contributed by atoms with van der Waals surface area (Å²) in [6.45, 7) is 0.901. The number of carbonyl (C=O) groups is 1. The van der Waals surface area contributed by atoms with Gasteiger partial charge in [-0.2, -0.15) is 0 Å². The molecule has 3 atom stereocenters. The van der Waals surface area contributed by atoms with Gasteiger partial charge in [0.25, 0.3) is 0 Å². The molecule has 108 valence electrons. The Bertz CT molecular complexity index is 543. The molecule has 1 aromatic rings. The zero-order chi connectivity index (χ0) is 14.4. The van der Waals surface area contributed by atoms with Crippen LogP contribution in [0.5, 0.6) is 5.75 Å². The molecule has 2 aliphatic rings. The summed E-state index contributed by atoms with van der Waals surface area (Å²) in [6, 6.07) is 0. The van der Waals surface area contributed by atoms with Crippen molar-refractivity contribution in [2.75, 3.05) is 25.1 Å². The third kappa shape index (κ3) is 1.86. The highest BCUT2D eigenvalue weighted by Crippen LogP contribution is 2.55. The van der Waals surface area contributed by atoms with Gasteiger partial charge in [0, 0.05) is 19.0 Å². The minimum absolute atomic E-state index is 0.0389. The van der Waals surface area contributed by atoms with Gasteiger partial charge < -0.3 is 14.7 Å². The number of alkyl halides is 2. The van der Waals surface area contributed by atoms with Gasteiger partial charge in [-0.1, -0.05) is 0 Å². The van der Waals surface area contributed by atoms with Crippen LogP contribution in [0.1, 0.15) is 10.5 Å².